The van der Waals surface area contributed by atoms with Gasteiger partial charge >= 0.3 is 6.01 Å². The van der Waals surface area contributed by atoms with Gasteiger partial charge in [0.25, 0.3) is 0 Å². The van der Waals surface area contributed by atoms with Gasteiger partial charge in [0.2, 0.25) is 11.9 Å². The second-order valence-electron chi connectivity index (χ2n) is 4.33. The average Bonchev–Trinajstić information content (AvgIpc) is 2.77. The number of ether oxygens (including phenoxy) is 1. The Kier molecular flexibility index (Phi) is 3.28. The van der Waals surface area contributed by atoms with Crippen molar-refractivity contribution in [3.8, 4) is 6.01 Å². The van der Waals surface area contributed by atoms with Gasteiger partial charge in [-0.15, -0.1) is 0 Å². The third kappa shape index (κ3) is 2.55. The molecule has 1 aromatic rings. The third-order valence-corrected chi connectivity index (χ3v) is 2.98. The molecular formula is C10H18N6O. The van der Waals surface area contributed by atoms with Gasteiger partial charge in [-0.1, -0.05) is 0 Å². The quantitative estimate of drug-likeness (QED) is 0.767. The summed E-state index contributed by atoms with van der Waals surface area (Å²) >= 11 is 0. The summed E-state index contributed by atoms with van der Waals surface area (Å²) in [6.07, 6.45) is 1.10. The van der Waals surface area contributed by atoms with Crippen LogP contribution in [-0.2, 0) is 0 Å². The molecule has 1 saturated heterocycles. The van der Waals surface area contributed by atoms with E-state index in [1.54, 1.807) is 0 Å². The summed E-state index contributed by atoms with van der Waals surface area (Å²) in [5, 5.41) is 0. The van der Waals surface area contributed by atoms with Gasteiger partial charge in [0.1, 0.15) is 0 Å². The normalized spacial score (nSPS) is 20.0. The van der Waals surface area contributed by atoms with Crippen LogP contribution in [0.3, 0.4) is 0 Å². The predicted molar refractivity (Wildman–Crippen MR) is 65.1 cm³/mol. The van der Waals surface area contributed by atoms with E-state index in [1.165, 1.54) is 7.11 Å². The molecule has 94 valence electrons. The Balaban J connectivity index is 2.15. The minimum atomic E-state index is 0.195. The second-order valence-corrected chi connectivity index (χ2v) is 4.33. The maximum absolute atomic E-state index is 5.62. The van der Waals surface area contributed by atoms with Crippen molar-refractivity contribution in [2.45, 2.75) is 12.5 Å². The standard InChI is InChI=1S/C10H18N6O/c1-15(2)7-4-5-16(6-7)9-12-8(11)13-10(14-9)17-3/h7H,4-6H2,1-3H3,(H2,11,12,13,14). The number of methoxy groups -OCH3 is 1. The van der Waals surface area contributed by atoms with Crippen molar-refractivity contribution in [3.05, 3.63) is 0 Å². The van der Waals surface area contributed by atoms with Crippen molar-refractivity contribution in [1.29, 1.82) is 0 Å². The van der Waals surface area contributed by atoms with E-state index in [1.807, 2.05) is 0 Å². The minimum absolute atomic E-state index is 0.195. The summed E-state index contributed by atoms with van der Waals surface area (Å²) in [4.78, 5) is 16.5. The Hall–Kier alpha value is -1.63. The van der Waals surface area contributed by atoms with Gasteiger partial charge < -0.3 is 20.3 Å². The highest BCUT2D eigenvalue weighted by Crippen LogP contribution is 2.20. The molecule has 7 nitrogen and oxygen atoms in total. The van der Waals surface area contributed by atoms with Gasteiger partial charge in [-0.3, -0.25) is 0 Å². The van der Waals surface area contributed by atoms with E-state index in [-0.39, 0.29) is 12.0 Å². The third-order valence-electron chi connectivity index (χ3n) is 2.98. The highest BCUT2D eigenvalue weighted by atomic mass is 16.5. The summed E-state index contributed by atoms with van der Waals surface area (Å²) < 4.78 is 4.99. The number of rotatable bonds is 3. The van der Waals surface area contributed by atoms with Crippen LogP contribution in [0.5, 0.6) is 6.01 Å². The summed E-state index contributed by atoms with van der Waals surface area (Å²) in [6, 6.07) is 0.791. The van der Waals surface area contributed by atoms with Gasteiger partial charge in [-0.25, -0.2) is 0 Å². The molecule has 2 heterocycles. The van der Waals surface area contributed by atoms with Crippen LogP contribution < -0.4 is 15.4 Å². The molecule has 0 spiro atoms. The summed E-state index contributed by atoms with van der Waals surface area (Å²) in [5.41, 5.74) is 5.62. The van der Waals surface area contributed by atoms with Crippen LogP contribution in [-0.4, -0.2) is 60.2 Å². The molecule has 17 heavy (non-hydrogen) atoms. The monoisotopic (exact) mass is 238 g/mol. The minimum Gasteiger partial charge on any atom is -0.467 e. The van der Waals surface area contributed by atoms with Crippen LogP contribution in [0.1, 0.15) is 6.42 Å². The highest BCUT2D eigenvalue weighted by Gasteiger charge is 2.26. The van der Waals surface area contributed by atoms with Crippen LogP contribution in [0.2, 0.25) is 0 Å². The molecule has 1 fully saturated rings. The van der Waals surface area contributed by atoms with E-state index in [9.17, 15) is 0 Å². The van der Waals surface area contributed by atoms with Crippen molar-refractivity contribution >= 4 is 11.9 Å². The van der Waals surface area contributed by atoms with Crippen molar-refractivity contribution < 1.29 is 4.74 Å². The van der Waals surface area contributed by atoms with Crippen molar-refractivity contribution in [2.75, 3.05) is 44.9 Å². The topological polar surface area (TPSA) is 80.4 Å². The molecule has 0 saturated carbocycles. The maximum Gasteiger partial charge on any atom is 0.322 e. The highest BCUT2D eigenvalue weighted by molar-refractivity contribution is 5.37. The summed E-state index contributed by atoms with van der Waals surface area (Å²) in [7, 11) is 5.68. The second kappa shape index (κ2) is 4.70. The molecule has 2 N–H and O–H groups in total. The Morgan fingerprint density at radius 3 is 2.71 bits per heavy atom. The smallest absolute Gasteiger partial charge is 0.322 e. The maximum atomic E-state index is 5.62. The number of nitrogen functional groups attached to an aromatic ring is 1. The SMILES string of the molecule is COc1nc(N)nc(N2CCC(N(C)C)C2)n1. The number of likely N-dealkylation sites (N-methyl/N-ethyl adjacent to an activating group) is 1. The number of hydrogen-bond acceptors (Lipinski definition) is 7. The molecule has 0 radical (unpaired) electrons. The van der Waals surface area contributed by atoms with Gasteiger partial charge in [-0.05, 0) is 20.5 Å². The molecule has 1 aliphatic heterocycles. The Morgan fingerprint density at radius 1 is 1.35 bits per heavy atom. The Morgan fingerprint density at radius 2 is 2.12 bits per heavy atom. The molecule has 2 rings (SSSR count). The van der Waals surface area contributed by atoms with Crippen LogP contribution in [0.25, 0.3) is 0 Å². The molecule has 7 heteroatoms. The van der Waals surface area contributed by atoms with Gasteiger partial charge in [0, 0.05) is 19.1 Å². The molecule has 0 bridgehead atoms. The zero-order valence-electron chi connectivity index (χ0n) is 10.4. The Labute approximate surface area is 101 Å². The average molecular weight is 238 g/mol. The van der Waals surface area contributed by atoms with E-state index < -0.39 is 0 Å². The van der Waals surface area contributed by atoms with E-state index in [0.717, 1.165) is 19.5 Å². The van der Waals surface area contributed by atoms with Gasteiger partial charge in [0.05, 0.1) is 7.11 Å². The predicted octanol–water partition coefficient (Wildman–Crippen LogP) is -0.397. The molecule has 0 amide bonds. The number of nitrogens with zero attached hydrogens (tertiary/aromatic N) is 5. The fourth-order valence-corrected chi connectivity index (χ4v) is 1.94. The first kappa shape index (κ1) is 11.8. The first-order chi connectivity index (χ1) is 8.10. The molecule has 0 aliphatic carbocycles. The van der Waals surface area contributed by atoms with Crippen molar-refractivity contribution in [3.63, 3.8) is 0 Å². The molecular weight excluding hydrogens is 220 g/mol. The van der Waals surface area contributed by atoms with Crippen molar-refractivity contribution in [1.82, 2.24) is 19.9 Å². The zero-order chi connectivity index (χ0) is 12.4. The first-order valence-corrected chi connectivity index (χ1v) is 5.57. The lowest BCUT2D eigenvalue weighted by Crippen LogP contribution is -2.32. The van der Waals surface area contributed by atoms with Gasteiger partial charge in [0.15, 0.2) is 0 Å². The van der Waals surface area contributed by atoms with E-state index in [0.29, 0.717) is 12.0 Å². The fraction of sp³-hybridized carbons (Fsp3) is 0.700. The lowest BCUT2D eigenvalue weighted by Gasteiger charge is -2.20. The van der Waals surface area contributed by atoms with Gasteiger partial charge in [-0.2, -0.15) is 15.0 Å². The lowest BCUT2D eigenvalue weighted by atomic mass is 10.2. The van der Waals surface area contributed by atoms with Crippen molar-refractivity contribution in [2.24, 2.45) is 0 Å². The largest absolute Gasteiger partial charge is 0.467 e. The van der Waals surface area contributed by atoms with Crippen LogP contribution in [0.15, 0.2) is 0 Å². The number of anilines is 2. The summed E-state index contributed by atoms with van der Waals surface area (Å²) in [6.45, 7) is 1.83. The molecule has 0 aromatic carbocycles. The van der Waals surface area contributed by atoms with Crippen LogP contribution in [0.4, 0.5) is 11.9 Å². The van der Waals surface area contributed by atoms with E-state index in [4.69, 9.17) is 10.5 Å². The van der Waals surface area contributed by atoms with E-state index in [2.05, 4.69) is 38.8 Å². The number of aromatic nitrogens is 3. The molecule has 1 atom stereocenters. The Bertz CT molecular complexity index is 396. The fourth-order valence-electron chi connectivity index (χ4n) is 1.94. The molecule has 1 unspecified atom stereocenters. The number of nitrogens with two attached hydrogens (primary N) is 1. The van der Waals surface area contributed by atoms with Crippen LogP contribution in [0, 0.1) is 0 Å². The van der Waals surface area contributed by atoms with E-state index >= 15 is 0 Å². The first-order valence-electron chi connectivity index (χ1n) is 5.57. The lowest BCUT2D eigenvalue weighted by molar-refractivity contribution is 0.315. The molecule has 1 aliphatic rings. The zero-order valence-corrected chi connectivity index (χ0v) is 10.4. The number of hydrogen-bond donors (Lipinski definition) is 1. The molecule has 1 aromatic heterocycles. The van der Waals surface area contributed by atoms with Crippen LogP contribution >= 0.6 is 0 Å². The summed E-state index contributed by atoms with van der Waals surface area (Å²) in [5.74, 6) is 0.791.